The van der Waals surface area contributed by atoms with Crippen molar-refractivity contribution in [2.24, 2.45) is 0 Å². The SMILES string of the molecule is O=C(Nc1ccccc1Cl)c1ccc(-c2ccc(-c3ccccc3)cc2)[nH]c1=O. The van der Waals surface area contributed by atoms with Gasteiger partial charge in [-0.3, -0.25) is 9.59 Å². The molecule has 0 radical (unpaired) electrons. The third-order valence-electron chi connectivity index (χ3n) is 4.58. The second-order valence-electron chi connectivity index (χ2n) is 6.49. The van der Waals surface area contributed by atoms with E-state index in [4.69, 9.17) is 11.6 Å². The van der Waals surface area contributed by atoms with E-state index in [1.807, 2.05) is 54.6 Å². The highest BCUT2D eigenvalue weighted by molar-refractivity contribution is 6.33. The van der Waals surface area contributed by atoms with Crippen LogP contribution in [0.5, 0.6) is 0 Å². The third kappa shape index (κ3) is 4.13. The Kier molecular flexibility index (Phi) is 5.27. The summed E-state index contributed by atoms with van der Waals surface area (Å²) in [4.78, 5) is 27.7. The van der Waals surface area contributed by atoms with Crippen molar-refractivity contribution in [2.45, 2.75) is 0 Å². The van der Waals surface area contributed by atoms with Gasteiger partial charge in [0.05, 0.1) is 10.7 Å². The summed E-state index contributed by atoms with van der Waals surface area (Å²) in [6.07, 6.45) is 0. The number of anilines is 1. The fourth-order valence-corrected chi connectivity index (χ4v) is 3.23. The van der Waals surface area contributed by atoms with Crippen LogP contribution in [0.1, 0.15) is 10.4 Å². The molecule has 0 aliphatic rings. The van der Waals surface area contributed by atoms with Crippen LogP contribution >= 0.6 is 11.6 Å². The van der Waals surface area contributed by atoms with Crippen molar-refractivity contribution in [1.82, 2.24) is 4.98 Å². The number of hydrogen-bond acceptors (Lipinski definition) is 2. The van der Waals surface area contributed by atoms with Gasteiger partial charge in [0.15, 0.2) is 0 Å². The largest absolute Gasteiger partial charge is 0.321 e. The topological polar surface area (TPSA) is 62.0 Å². The number of hydrogen-bond donors (Lipinski definition) is 2. The molecule has 2 N–H and O–H groups in total. The van der Waals surface area contributed by atoms with Crippen molar-refractivity contribution < 1.29 is 4.79 Å². The average molecular weight is 401 g/mol. The van der Waals surface area contributed by atoms with Gasteiger partial charge in [-0.25, -0.2) is 0 Å². The molecule has 0 saturated carbocycles. The number of aromatic amines is 1. The molecular formula is C24H17ClN2O2. The lowest BCUT2D eigenvalue weighted by Crippen LogP contribution is -2.23. The van der Waals surface area contributed by atoms with E-state index < -0.39 is 11.5 Å². The summed E-state index contributed by atoms with van der Waals surface area (Å²) in [5.41, 5.74) is 3.74. The number of nitrogens with one attached hydrogen (secondary N) is 2. The van der Waals surface area contributed by atoms with E-state index in [9.17, 15) is 9.59 Å². The molecule has 4 rings (SSSR count). The molecule has 0 unspecified atom stereocenters. The van der Waals surface area contributed by atoms with Crippen molar-refractivity contribution in [3.05, 3.63) is 112 Å². The van der Waals surface area contributed by atoms with Crippen LogP contribution in [0.15, 0.2) is 95.8 Å². The average Bonchev–Trinajstić information content (AvgIpc) is 2.76. The number of carbonyl (C=O) groups is 1. The van der Waals surface area contributed by atoms with Crippen molar-refractivity contribution >= 4 is 23.2 Å². The maximum Gasteiger partial charge on any atom is 0.261 e. The summed E-state index contributed by atoms with van der Waals surface area (Å²) in [5, 5.41) is 3.07. The maximum absolute atomic E-state index is 12.5. The van der Waals surface area contributed by atoms with E-state index in [0.717, 1.165) is 16.7 Å². The first-order chi connectivity index (χ1) is 14.1. The maximum atomic E-state index is 12.5. The van der Waals surface area contributed by atoms with E-state index in [1.54, 1.807) is 30.3 Å². The fourth-order valence-electron chi connectivity index (χ4n) is 3.05. The lowest BCUT2D eigenvalue weighted by Gasteiger charge is -2.08. The number of amides is 1. The molecule has 4 aromatic rings. The molecule has 0 spiro atoms. The molecule has 29 heavy (non-hydrogen) atoms. The third-order valence-corrected chi connectivity index (χ3v) is 4.91. The number of pyridine rings is 1. The van der Waals surface area contributed by atoms with Gasteiger partial charge in [0.1, 0.15) is 5.56 Å². The van der Waals surface area contributed by atoms with Crippen LogP contribution in [0.4, 0.5) is 5.69 Å². The van der Waals surface area contributed by atoms with Gasteiger partial charge in [-0.2, -0.15) is 0 Å². The van der Waals surface area contributed by atoms with Crippen LogP contribution in [0.3, 0.4) is 0 Å². The van der Waals surface area contributed by atoms with Crippen LogP contribution in [0, 0.1) is 0 Å². The van der Waals surface area contributed by atoms with Gasteiger partial charge in [-0.05, 0) is 41.0 Å². The summed E-state index contributed by atoms with van der Waals surface area (Å²) in [5.74, 6) is -0.509. The van der Waals surface area contributed by atoms with E-state index >= 15 is 0 Å². The van der Waals surface area contributed by atoms with E-state index in [0.29, 0.717) is 16.4 Å². The molecule has 142 valence electrons. The molecule has 1 amide bonds. The van der Waals surface area contributed by atoms with Gasteiger partial charge in [0, 0.05) is 5.69 Å². The van der Waals surface area contributed by atoms with Crippen molar-refractivity contribution in [3.63, 3.8) is 0 Å². The fraction of sp³-hybridized carbons (Fsp3) is 0. The zero-order valence-corrected chi connectivity index (χ0v) is 16.1. The molecule has 0 aliphatic heterocycles. The van der Waals surface area contributed by atoms with Crippen LogP contribution < -0.4 is 10.9 Å². The zero-order valence-electron chi connectivity index (χ0n) is 15.4. The number of halogens is 1. The van der Waals surface area contributed by atoms with Gasteiger partial charge >= 0.3 is 0 Å². The second-order valence-corrected chi connectivity index (χ2v) is 6.90. The van der Waals surface area contributed by atoms with Gasteiger partial charge < -0.3 is 10.3 Å². The van der Waals surface area contributed by atoms with E-state index in [-0.39, 0.29) is 5.56 Å². The molecule has 5 heteroatoms. The van der Waals surface area contributed by atoms with E-state index in [1.165, 1.54) is 6.07 Å². The Balaban J connectivity index is 1.56. The number of aromatic nitrogens is 1. The molecule has 3 aromatic carbocycles. The summed E-state index contributed by atoms with van der Waals surface area (Å²) >= 11 is 6.06. The van der Waals surface area contributed by atoms with Crippen molar-refractivity contribution in [1.29, 1.82) is 0 Å². The molecule has 4 nitrogen and oxygen atoms in total. The summed E-state index contributed by atoms with van der Waals surface area (Å²) in [7, 11) is 0. The number of H-pyrrole nitrogens is 1. The minimum atomic E-state index is -0.509. The number of para-hydroxylation sites is 1. The minimum Gasteiger partial charge on any atom is -0.321 e. The van der Waals surface area contributed by atoms with Crippen LogP contribution in [-0.2, 0) is 0 Å². The monoisotopic (exact) mass is 400 g/mol. The molecule has 0 saturated heterocycles. The highest BCUT2D eigenvalue weighted by Gasteiger charge is 2.13. The second kappa shape index (κ2) is 8.17. The van der Waals surface area contributed by atoms with Crippen LogP contribution in [0.25, 0.3) is 22.4 Å². The van der Waals surface area contributed by atoms with Gasteiger partial charge in [0.25, 0.3) is 11.5 Å². The minimum absolute atomic E-state index is 0.0228. The Labute approximate surface area is 172 Å². The Bertz CT molecular complexity index is 1220. The summed E-state index contributed by atoms with van der Waals surface area (Å²) in [6.45, 7) is 0. The summed E-state index contributed by atoms with van der Waals surface area (Å²) in [6, 6.07) is 28.1. The predicted octanol–water partition coefficient (Wildman–Crippen LogP) is 5.61. The summed E-state index contributed by atoms with van der Waals surface area (Å²) < 4.78 is 0. The number of benzene rings is 3. The molecule has 1 heterocycles. The molecule has 1 aromatic heterocycles. The highest BCUT2D eigenvalue weighted by atomic mass is 35.5. The van der Waals surface area contributed by atoms with Crippen LogP contribution in [0.2, 0.25) is 5.02 Å². The Morgan fingerprint density at radius 1 is 0.724 bits per heavy atom. The zero-order chi connectivity index (χ0) is 20.2. The molecule has 0 bridgehead atoms. The normalized spacial score (nSPS) is 10.5. The lowest BCUT2D eigenvalue weighted by molar-refractivity contribution is 0.102. The van der Waals surface area contributed by atoms with E-state index in [2.05, 4.69) is 10.3 Å². The standard InChI is InChI=1S/C24H17ClN2O2/c25-20-8-4-5-9-22(20)27-24(29)19-14-15-21(26-23(19)28)18-12-10-17(11-13-18)16-6-2-1-3-7-16/h1-15H,(H,26,28)(H,27,29). The first-order valence-electron chi connectivity index (χ1n) is 9.07. The predicted molar refractivity (Wildman–Crippen MR) is 117 cm³/mol. The van der Waals surface area contributed by atoms with Crippen molar-refractivity contribution in [3.8, 4) is 22.4 Å². The molecule has 0 aliphatic carbocycles. The first kappa shape index (κ1) is 18.7. The highest BCUT2D eigenvalue weighted by Crippen LogP contribution is 2.24. The van der Waals surface area contributed by atoms with Gasteiger partial charge in [-0.15, -0.1) is 0 Å². The first-order valence-corrected chi connectivity index (χ1v) is 9.45. The van der Waals surface area contributed by atoms with Crippen LogP contribution in [-0.4, -0.2) is 10.9 Å². The smallest absolute Gasteiger partial charge is 0.261 e. The van der Waals surface area contributed by atoms with Gasteiger partial charge in [0.2, 0.25) is 0 Å². The Morgan fingerprint density at radius 3 is 2.03 bits per heavy atom. The molecule has 0 atom stereocenters. The van der Waals surface area contributed by atoms with Crippen molar-refractivity contribution in [2.75, 3.05) is 5.32 Å². The molecular weight excluding hydrogens is 384 g/mol. The van der Waals surface area contributed by atoms with Gasteiger partial charge in [-0.1, -0.05) is 78.3 Å². The Hall–Kier alpha value is -3.63. The number of carbonyl (C=O) groups excluding carboxylic acids is 1. The quantitative estimate of drug-likeness (QED) is 0.467. The lowest BCUT2D eigenvalue weighted by atomic mass is 10.0. The Morgan fingerprint density at radius 2 is 1.34 bits per heavy atom. The number of rotatable bonds is 4. The molecule has 0 fully saturated rings.